The van der Waals surface area contributed by atoms with Gasteiger partial charge in [0.15, 0.2) is 23.0 Å². The van der Waals surface area contributed by atoms with Gasteiger partial charge in [-0.05, 0) is 24.3 Å². The normalized spacial score (nSPS) is 20.2. The van der Waals surface area contributed by atoms with Crippen molar-refractivity contribution in [2.45, 2.75) is 37.3 Å². The minimum Gasteiger partial charge on any atom is -0.489 e. The summed E-state index contributed by atoms with van der Waals surface area (Å²) in [4.78, 5) is 24.1. The maximum absolute atomic E-state index is 12.7. The van der Waals surface area contributed by atoms with E-state index < -0.39 is 23.5 Å². The molecule has 2 N–H and O–H groups in total. The number of nitrogens with zero attached hydrogens (tertiary/aromatic N) is 4. The van der Waals surface area contributed by atoms with Gasteiger partial charge < -0.3 is 34.5 Å². The summed E-state index contributed by atoms with van der Waals surface area (Å²) in [6.07, 6.45) is -5.81. The average molecular weight is 773 g/mol. The van der Waals surface area contributed by atoms with Gasteiger partial charge in [0.1, 0.15) is 0 Å². The number of piperazine rings is 2. The van der Waals surface area contributed by atoms with Gasteiger partial charge in [-0.15, -0.1) is 0 Å². The molecule has 0 bridgehead atoms. The van der Waals surface area contributed by atoms with Crippen LogP contribution < -0.4 is 29.6 Å². The number of alkyl halides is 6. The van der Waals surface area contributed by atoms with Crippen molar-refractivity contribution in [3.63, 3.8) is 0 Å². The Balaban J connectivity index is 0.000000169. The van der Waals surface area contributed by atoms with E-state index in [0.29, 0.717) is 55.7 Å². The molecule has 0 spiro atoms. The van der Waals surface area contributed by atoms with E-state index in [4.69, 9.17) is 18.9 Å². The van der Waals surface area contributed by atoms with Crippen molar-refractivity contribution in [1.29, 1.82) is 0 Å². The number of pyridine rings is 2. The van der Waals surface area contributed by atoms with E-state index in [-0.39, 0.29) is 29.8 Å². The molecule has 2 atom stereocenters. The summed E-state index contributed by atoms with van der Waals surface area (Å²) in [5, 5.41) is 6.40. The lowest BCUT2D eigenvalue weighted by Gasteiger charge is -2.38. The molecule has 4 aliphatic rings. The lowest BCUT2D eigenvalue weighted by atomic mass is 9.97. The van der Waals surface area contributed by atoms with Crippen molar-refractivity contribution in [3.05, 3.63) is 95.3 Å². The van der Waals surface area contributed by atoms with Gasteiger partial charge in [0.05, 0.1) is 36.9 Å². The molecule has 2 aromatic carbocycles. The fourth-order valence-corrected chi connectivity index (χ4v) is 7.01. The topological polar surface area (TPSA) is 110 Å². The highest BCUT2D eigenvalue weighted by Crippen LogP contribution is 2.45. The molecule has 2 fully saturated rings. The number of ether oxygens (including phenoxy) is 4. The molecule has 0 radical (unpaired) electrons. The molecular formula is C38H38F6N6O5. The van der Waals surface area contributed by atoms with E-state index in [1.54, 1.807) is 18.2 Å². The minimum atomic E-state index is -4.45. The molecule has 4 aromatic rings. The largest absolute Gasteiger partial charge is 0.489 e. The Morgan fingerprint density at radius 2 is 1.16 bits per heavy atom. The number of amides is 1. The van der Waals surface area contributed by atoms with E-state index in [1.165, 1.54) is 12.1 Å². The molecule has 2 unspecified atom stereocenters. The zero-order chi connectivity index (χ0) is 38.6. The molecule has 55 heavy (non-hydrogen) atoms. The summed E-state index contributed by atoms with van der Waals surface area (Å²) < 4.78 is 99.2. The summed E-state index contributed by atoms with van der Waals surface area (Å²) in [5.74, 6) is 2.13. The SMILES string of the molecule is FC(F)(F)c1ccc(Oc2cccc3c2OCCC3N2CCNCC2)nc1.O=C1CNCCN1C1CCOc2c(Oc3ccc(C(F)(F)F)cn3)cccc21. The van der Waals surface area contributed by atoms with Crippen molar-refractivity contribution in [2.75, 3.05) is 59.0 Å². The Morgan fingerprint density at radius 3 is 1.65 bits per heavy atom. The third-order valence-electron chi connectivity index (χ3n) is 9.66. The van der Waals surface area contributed by atoms with Gasteiger partial charge in [-0.1, -0.05) is 24.3 Å². The predicted molar refractivity (Wildman–Crippen MR) is 186 cm³/mol. The summed E-state index contributed by atoms with van der Waals surface area (Å²) in [5.41, 5.74) is 0.224. The third kappa shape index (κ3) is 8.89. The number of benzene rings is 2. The summed E-state index contributed by atoms with van der Waals surface area (Å²) in [7, 11) is 0. The van der Waals surface area contributed by atoms with Crippen LogP contribution in [0.15, 0.2) is 73.1 Å². The quantitative estimate of drug-likeness (QED) is 0.204. The Kier molecular flexibility index (Phi) is 11.3. The number of hydrogen-bond donors (Lipinski definition) is 2. The van der Waals surface area contributed by atoms with Crippen molar-refractivity contribution in [2.24, 2.45) is 0 Å². The summed E-state index contributed by atoms with van der Waals surface area (Å²) in [6.45, 7) is 6.47. The Morgan fingerprint density at radius 1 is 0.655 bits per heavy atom. The smallest absolute Gasteiger partial charge is 0.417 e. The fraction of sp³-hybridized carbons (Fsp3) is 0.395. The van der Waals surface area contributed by atoms with Crippen LogP contribution in [0.1, 0.15) is 47.2 Å². The van der Waals surface area contributed by atoms with E-state index in [0.717, 1.165) is 74.8 Å². The zero-order valence-corrected chi connectivity index (χ0v) is 29.5. The van der Waals surface area contributed by atoms with E-state index in [2.05, 4.69) is 25.5 Å². The third-order valence-corrected chi connectivity index (χ3v) is 9.66. The second kappa shape index (κ2) is 16.3. The average Bonchev–Trinajstić information content (AvgIpc) is 3.18. The highest BCUT2D eigenvalue weighted by molar-refractivity contribution is 5.79. The molecule has 2 saturated heterocycles. The fourth-order valence-electron chi connectivity index (χ4n) is 7.01. The summed E-state index contributed by atoms with van der Waals surface area (Å²) in [6, 6.07) is 15.4. The van der Waals surface area contributed by atoms with Crippen molar-refractivity contribution in [1.82, 2.24) is 30.4 Å². The van der Waals surface area contributed by atoms with Crippen molar-refractivity contribution in [3.8, 4) is 34.8 Å². The number of rotatable bonds is 6. The van der Waals surface area contributed by atoms with Crippen LogP contribution in [0.5, 0.6) is 34.8 Å². The Hall–Kier alpha value is -5.13. The van der Waals surface area contributed by atoms with Gasteiger partial charge in [-0.2, -0.15) is 26.3 Å². The molecule has 4 aliphatic heterocycles. The van der Waals surface area contributed by atoms with Crippen LogP contribution in [0.2, 0.25) is 0 Å². The first-order valence-electron chi connectivity index (χ1n) is 17.8. The van der Waals surface area contributed by atoms with Crippen molar-refractivity contribution < 1.29 is 50.1 Å². The zero-order valence-electron chi connectivity index (χ0n) is 29.5. The molecular weight excluding hydrogens is 734 g/mol. The van der Waals surface area contributed by atoms with Gasteiger partial charge in [0.25, 0.3) is 0 Å². The van der Waals surface area contributed by atoms with Crippen LogP contribution >= 0.6 is 0 Å². The van der Waals surface area contributed by atoms with E-state index in [1.807, 2.05) is 23.1 Å². The van der Waals surface area contributed by atoms with Gasteiger partial charge in [0, 0.05) is 93.8 Å². The first kappa shape index (κ1) is 38.2. The second-order valence-corrected chi connectivity index (χ2v) is 13.2. The van der Waals surface area contributed by atoms with Gasteiger partial charge in [0.2, 0.25) is 17.7 Å². The first-order chi connectivity index (χ1) is 26.5. The monoisotopic (exact) mass is 772 g/mol. The molecule has 1 amide bonds. The van der Waals surface area contributed by atoms with Gasteiger partial charge >= 0.3 is 12.4 Å². The van der Waals surface area contributed by atoms with Crippen LogP contribution in [-0.4, -0.2) is 84.7 Å². The van der Waals surface area contributed by atoms with E-state index in [9.17, 15) is 31.1 Å². The van der Waals surface area contributed by atoms with Crippen LogP contribution in [0.25, 0.3) is 0 Å². The maximum Gasteiger partial charge on any atom is 0.417 e. The van der Waals surface area contributed by atoms with Crippen molar-refractivity contribution >= 4 is 5.91 Å². The number of carbonyl (C=O) groups excluding carboxylic acids is 1. The molecule has 11 nitrogen and oxygen atoms in total. The summed E-state index contributed by atoms with van der Waals surface area (Å²) >= 11 is 0. The lowest BCUT2D eigenvalue weighted by molar-refractivity contribution is -0.138. The molecule has 0 saturated carbocycles. The molecule has 2 aromatic heterocycles. The second-order valence-electron chi connectivity index (χ2n) is 13.2. The molecule has 17 heteroatoms. The molecule has 6 heterocycles. The number of aromatic nitrogens is 2. The number of halogens is 6. The standard InChI is InChI=1S/C19H18F3N3O3.C19H20F3N3O2/c20-19(21,22)12-4-5-16(24-10-12)28-15-3-1-2-13-14(6-9-27-18(13)15)25-8-7-23-11-17(25)26;20-19(21,22)13-4-5-17(24-12-13)27-16-3-1-2-14-15(6-11-26-18(14)16)25-9-7-23-8-10-25/h1-5,10,14,23H,6-9,11H2;1-5,12,15,23H,6-11H2. The predicted octanol–water partition coefficient (Wildman–Crippen LogP) is 6.77. The number of carbonyl (C=O) groups is 1. The van der Waals surface area contributed by atoms with Crippen LogP contribution in [0.4, 0.5) is 26.3 Å². The van der Waals surface area contributed by atoms with Crippen LogP contribution in [0.3, 0.4) is 0 Å². The van der Waals surface area contributed by atoms with Crippen LogP contribution in [0, 0.1) is 0 Å². The highest BCUT2D eigenvalue weighted by atomic mass is 19.4. The first-order valence-corrected chi connectivity index (χ1v) is 17.8. The molecule has 0 aliphatic carbocycles. The number of para-hydroxylation sites is 2. The minimum absolute atomic E-state index is 0.0276. The number of fused-ring (bicyclic) bond motifs is 2. The molecule has 292 valence electrons. The number of nitrogens with one attached hydrogen (secondary N) is 2. The van der Waals surface area contributed by atoms with Gasteiger partial charge in [-0.3, -0.25) is 9.69 Å². The lowest BCUT2D eigenvalue weighted by Crippen LogP contribution is -2.50. The Labute approximate surface area is 312 Å². The highest BCUT2D eigenvalue weighted by Gasteiger charge is 2.35. The maximum atomic E-state index is 12.7. The molecule has 8 rings (SSSR count). The van der Waals surface area contributed by atoms with E-state index >= 15 is 0 Å². The van der Waals surface area contributed by atoms with Crippen LogP contribution in [-0.2, 0) is 17.1 Å². The Bertz CT molecular complexity index is 1940. The number of hydrogen-bond acceptors (Lipinski definition) is 10. The van der Waals surface area contributed by atoms with Gasteiger partial charge in [-0.25, -0.2) is 9.97 Å².